The topological polar surface area (TPSA) is 67.1 Å². The molecule has 2 atom stereocenters. The van der Waals surface area contributed by atoms with E-state index in [0.717, 1.165) is 31.3 Å². The molecule has 1 aliphatic heterocycles. The summed E-state index contributed by atoms with van der Waals surface area (Å²) in [6.07, 6.45) is 8.56. The molecule has 2 aromatic heterocycles. The van der Waals surface area contributed by atoms with Gasteiger partial charge in [0.25, 0.3) is 0 Å². The highest BCUT2D eigenvalue weighted by Gasteiger charge is 2.30. The highest BCUT2D eigenvalue weighted by molar-refractivity contribution is 5.13. The van der Waals surface area contributed by atoms with Gasteiger partial charge in [0.1, 0.15) is 0 Å². The summed E-state index contributed by atoms with van der Waals surface area (Å²) >= 11 is 0. The molecule has 0 spiro atoms. The molecule has 4 rings (SSSR count). The van der Waals surface area contributed by atoms with Gasteiger partial charge in [0, 0.05) is 36.9 Å². The van der Waals surface area contributed by atoms with Gasteiger partial charge in [-0.25, -0.2) is 0 Å². The Hall–Kier alpha value is -1.79. The molecule has 3 heterocycles. The van der Waals surface area contributed by atoms with Crippen LogP contribution in [-0.4, -0.2) is 39.2 Å². The van der Waals surface area contributed by atoms with Gasteiger partial charge < -0.3 is 9.84 Å². The van der Waals surface area contributed by atoms with Gasteiger partial charge in [-0.2, -0.15) is 4.98 Å². The van der Waals surface area contributed by atoms with Gasteiger partial charge >= 0.3 is 0 Å². The maximum atomic E-state index is 5.37. The Morgan fingerprint density at radius 1 is 1.38 bits per heavy atom. The van der Waals surface area contributed by atoms with E-state index in [1.54, 1.807) is 0 Å². The number of nitrogens with one attached hydrogen (secondary N) is 1. The van der Waals surface area contributed by atoms with Gasteiger partial charge in [0.15, 0.2) is 5.82 Å². The highest BCUT2D eigenvalue weighted by atomic mass is 16.5. The molecule has 1 saturated carbocycles. The fourth-order valence-corrected chi connectivity index (χ4v) is 3.44. The molecule has 0 radical (unpaired) electrons. The van der Waals surface area contributed by atoms with E-state index in [2.05, 4.69) is 38.3 Å². The van der Waals surface area contributed by atoms with Crippen LogP contribution in [0.1, 0.15) is 61.8 Å². The van der Waals surface area contributed by atoms with Crippen LogP contribution in [0, 0.1) is 0 Å². The fraction of sp³-hybridized carbons (Fsp3) is 0.611. The van der Waals surface area contributed by atoms with Crippen molar-refractivity contribution in [1.82, 2.24) is 25.3 Å². The number of aromatic nitrogens is 3. The number of nitrogens with zero attached hydrogens (tertiary/aromatic N) is 4. The Balaban J connectivity index is 1.31. The first-order valence-electron chi connectivity index (χ1n) is 8.99. The second-order valence-corrected chi connectivity index (χ2v) is 7.07. The Labute approximate surface area is 142 Å². The predicted octanol–water partition coefficient (Wildman–Crippen LogP) is 2.66. The molecule has 0 aromatic carbocycles. The first-order valence-corrected chi connectivity index (χ1v) is 8.99. The van der Waals surface area contributed by atoms with Gasteiger partial charge in [-0.1, -0.05) is 11.2 Å². The summed E-state index contributed by atoms with van der Waals surface area (Å²) in [4.78, 5) is 11.2. The van der Waals surface area contributed by atoms with Gasteiger partial charge in [-0.15, -0.1) is 0 Å². The van der Waals surface area contributed by atoms with Crippen molar-refractivity contribution in [2.45, 2.75) is 57.2 Å². The van der Waals surface area contributed by atoms with E-state index in [1.807, 2.05) is 18.5 Å². The first-order chi connectivity index (χ1) is 11.8. The smallest absolute Gasteiger partial charge is 0.229 e. The number of rotatable bonds is 6. The lowest BCUT2D eigenvalue weighted by Gasteiger charge is -2.34. The second-order valence-electron chi connectivity index (χ2n) is 7.07. The lowest BCUT2D eigenvalue weighted by atomic mass is 10.0. The molecule has 1 saturated heterocycles. The molecule has 6 heteroatoms. The zero-order valence-corrected chi connectivity index (χ0v) is 14.2. The minimum atomic E-state index is 0.315. The molecule has 128 valence electrons. The van der Waals surface area contributed by atoms with E-state index in [-0.39, 0.29) is 0 Å². The number of hydrogen-bond acceptors (Lipinski definition) is 6. The summed E-state index contributed by atoms with van der Waals surface area (Å²) in [5.74, 6) is 2.20. The Bertz CT molecular complexity index is 654. The van der Waals surface area contributed by atoms with Crippen LogP contribution in [0.15, 0.2) is 29.0 Å². The standard InChI is InChI=1S/C18H25N5O/c1-13(15-4-2-8-19-10-15)20-16-5-3-9-23(11-16)12-17-21-18(24-22-17)14-6-7-14/h2,4,8,10,13-14,16,20H,3,5-7,9,11-12H2,1H3/t13-,16+/m0/s1. The minimum absolute atomic E-state index is 0.315. The van der Waals surface area contributed by atoms with E-state index in [1.165, 1.54) is 31.2 Å². The van der Waals surface area contributed by atoms with Crippen LogP contribution >= 0.6 is 0 Å². The average molecular weight is 327 g/mol. The van der Waals surface area contributed by atoms with Crippen molar-refractivity contribution in [3.05, 3.63) is 41.8 Å². The summed E-state index contributed by atoms with van der Waals surface area (Å²) in [6, 6.07) is 4.93. The third kappa shape index (κ3) is 3.82. The summed E-state index contributed by atoms with van der Waals surface area (Å²) < 4.78 is 5.37. The number of pyridine rings is 1. The maximum Gasteiger partial charge on any atom is 0.229 e. The quantitative estimate of drug-likeness (QED) is 0.880. The molecule has 0 bridgehead atoms. The molecule has 2 aromatic rings. The van der Waals surface area contributed by atoms with Crippen LogP contribution in [0.25, 0.3) is 0 Å². The van der Waals surface area contributed by atoms with Crippen LogP contribution in [0.4, 0.5) is 0 Å². The van der Waals surface area contributed by atoms with E-state index >= 15 is 0 Å². The van der Waals surface area contributed by atoms with Crippen LogP contribution in [0.2, 0.25) is 0 Å². The highest BCUT2D eigenvalue weighted by Crippen LogP contribution is 2.38. The van der Waals surface area contributed by atoms with Crippen LogP contribution < -0.4 is 5.32 Å². The van der Waals surface area contributed by atoms with E-state index in [4.69, 9.17) is 4.52 Å². The maximum absolute atomic E-state index is 5.37. The number of piperidine rings is 1. The molecular weight excluding hydrogens is 302 g/mol. The summed E-state index contributed by atoms with van der Waals surface area (Å²) in [5, 5.41) is 7.89. The SMILES string of the molecule is C[C@H](N[C@@H]1CCCN(Cc2noc(C3CC3)n2)C1)c1cccnc1. The van der Waals surface area contributed by atoms with Crippen molar-refractivity contribution in [2.24, 2.45) is 0 Å². The summed E-state index contributed by atoms with van der Waals surface area (Å²) in [6.45, 7) is 5.12. The third-order valence-electron chi connectivity index (χ3n) is 4.95. The van der Waals surface area contributed by atoms with Crippen LogP contribution in [0.5, 0.6) is 0 Å². The molecule has 1 N–H and O–H groups in total. The molecule has 2 aliphatic rings. The first kappa shape index (κ1) is 15.7. The van der Waals surface area contributed by atoms with Gasteiger partial charge in [-0.3, -0.25) is 9.88 Å². The molecule has 24 heavy (non-hydrogen) atoms. The molecule has 2 fully saturated rings. The molecule has 6 nitrogen and oxygen atoms in total. The van der Waals surface area contributed by atoms with Crippen LogP contribution in [0.3, 0.4) is 0 Å². The van der Waals surface area contributed by atoms with Crippen molar-refractivity contribution < 1.29 is 4.52 Å². The van der Waals surface area contributed by atoms with E-state index < -0.39 is 0 Å². The molecular formula is C18H25N5O. The molecule has 0 unspecified atom stereocenters. The monoisotopic (exact) mass is 327 g/mol. The zero-order valence-electron chi connectivity index (χ0n) is 14.2. The van der Waals surface area contributed by atoms with Crippen molar-refractivity contribution in [3.8, 4) is 0 Å². The van der Waals surface area contributed by atoms with Crippen molar-refractivity contribution >= 4 is 0 Å². The Kier molecular flexibility index (Phi) is 4.58. The minimum Gasteiger partial charge on any atom is -0.339 e. The van der Waals surface area contributed by atoms with E-state index in [0.29, 0.717) is 18.0 Å². The Morgan fingerprint density at radius 3 is 3.08 bits per heavy atom. The van der Waals surface area contributed by atoms with Gasteiger partial charge in [-0.05, 0) is 50.8 Å². The Morgan fingerprint density at radius 2 is 2.29 bits per heavy atom. The largest absolute Gasteiger partial charge is 0.339 e. The summed E-state index contributed by atoms with van der Waals surface area (Å²) in [7, 11) is 0. The lowest BCUT2D eigenvalue weighted by Crippen LogP contribution is -2.46. The summed E-state index contributed by atoms with van der Waals surface area (Å²) in [5.41, 5.74) is 1.24. The molecule has 0 amide bonds. The number of likely N-dealkylation sites (tertiary alicyclic amines) is 1. The van der Waals surface area contributed by atoms with Gasteiger partial charge in [0.05, 0.1) is 6.54 Å². The number of hydrogen-bond donors (Lipinski definition) is 1. The van der Waals surface area contributed by atoms with Crippen molar-refractivity contribution in [1.29, 1.82) is 0 Å². The third-order valence-corrected chi connectivity index (χ3v) is 4.95. The molecule has 1 aliphatic carbocycles. The van der Waals surface area contributed by atoms with Gasteiger partial charge in [0.2, 0.25) is 5.89 Å². The van der Waals surface area contributed by atoms with Crippen LogP contribution in [-0.2, 0) is 6.54 Å². The second kappa shape index (κ2) is 6.99. The fourth-order valence-electron chi connectivity index (χ4n) is 3.44. The average Bonchev–Trinajstić information content (AvgIpc) is 3.36. The zero-order chi connectivity index (χ0) is 16.4. The lowest BCUT2D eigenvalue weighted by molar-refractivity contribution is 0.172. The normalized spacial score (nSPS) is 23.3. The van der Waals surface area contributed by atoms with E-state index in [9.17, 15) is 0 Å². The van der Waals surface area contributed by atoms with Crippen molar-refractivity contribution in [2.75, 3.05) is 13.1 Å². The van der Waals surface area contributed by atoms with Crippen molar-refractivity contribution in [3.63, 3.8) is 0 Å². The predicted molar refractivity (Wildman–Crippen MR) is 90.4 cm³/mol.